The molecular formula is C36H44N6O5. The number of hydrogen-bond acceptors (Lipinski definition) is 9. The first-order valence-corrected chi connectivity index (χ1v) is 15.6. The third kappa shape index (κ3) is 8.98. The fourth-order valence-corrected chi connectivity index (χ4v) is 5.09. The van der Waals surface area contributed by atoms with E-state index in [0.717, 1.165) is 30.8 Å². The monoisotopic (exact) mass is 640 g/mol. The van der Waals surface area contributed by atoms with Crippen molar-refractivity contribution >= 4 is 29.5 Å². The van der Waals surface area contributed by atoms with Gasteiger partial charge in [0, 0.05) is 43.1 Å². The third-order valence-corrected chi connectivity index (χ3v) is 7.91. The summed E-state index contributed by atoms with van der Waals surface area (Å²) in [6.45, 7) is 11.4. The zero-order valence-corrected chi connectivity index (χ0v) is 28.2. The number of aromatic nitrogens is 2. The summed E-state index contributed by atoms with van der Waals surface area (Å²) in [6.07, 6.45) is 0.931. The van der Waals surface area contributed by atoms with E-state index in [1.165, 1.54) is 4.90 Å². The molecule has 1 heterocycles. The molecule has 0 unspecified atom stereocenters. The molecule has 4 aromatic rings. The van der Waals surface area contributed by atoms with Crippen LogP contribution in [0.5, 0.6) is 17.2 Å². The topological polar surface area (TPSA) is 109 Å². The highest BCUT2D eigenvalue weighted by molar-refractivity contribution is 5.95. The van der Waals surface area contributed by atoms with E-state index in [1.807, 2.05) is 45.2 Å². The first kappa shape index (κ1) is 34.7. The Kier molecular flexibility index (Phi) is 12.1. The second-order valence-corrected chi connectivity index (χ2v) is 11.1. The summed E-state index contributed by atoms with van der Waals surface area (Å²) in [5, 5.41) is 3.19. The number of benzene rings is 3. The van der Waals surface area contributed by atoms with Gasteiger partial charge in [-0.2, -0.15) is 4.98 Å². The Balaban J connectivity index is 1.62. The summed E-state index contributed by atoms with van der Waals surface area (Å²) in [5.74, 6) is 2.13. The second kappa shape index (κ2) is 16.4. The summed E-state index contributed by atoms with van der Waals surface area (Å²) in [4.78, 5) is 41.5. The molecule has 11 nitrogen and oxygen atoms in total. The molecule has 0 fully saturated rings. The molecule has 0 aliphatic rings. The van der Waals surface area contributed by atoms with Crippen LogP contribution in [0.1, 0.15) is 40.9 Å². The lowest BCUT2D eigenvalue weighted by Gasteiger charge is -2.24. The summed E-state index contributed by atoms with van der Waals surface area (Å²) >= 11 is 0. The molecule has 11 heteroatoms. The van der Waals surface area contributed by atoms with Crippen LogP contribution in [0.15, 0.2) is 72.9 Å². The Morgan fingerprint density at radius 2 is 1.60 bits per heavy atom. The van der Waals surface area contributed by atoms with Crippen molar-refractivity contribution in [1.29, 1.82) is 0 Å². The number of para-hydroxylation sites is 1. The number of nitrogens with zero attached hydrogens (tertiary/aromatic N) is 5. The molecule has 248 valence electrons. The largest absolute Gasteiger partial charge is 0.497 e. The Morgan fingerprint density at radius 3 is 2.28 bits per heavy atom. The number of methoxy groups -OCH3 is 2. The summed E-state index contributed by atoms with van der Waals surface area (Å²) in [7, 11) is 4.95. The van der Waals surface area contributed by atoms with Gasteiger partial charge in [0.05, 0.1) is 20.8 Å². The standard InChI is InChI=1S/C36H44N6O5/c1-8-41(9-2)21-20-40(5)34(43)27-14-11-15-29(22-27)38-35-37-19-18-32(39-35)42(24-28-23-30(45-6)16-17-31(28)46-7)36(44)47-33-25(3)12-10-13-26(33)4/h10-19,22-23H,8-9,20-21,24H2,1-7H3,(H,37,38,39). The summed E-state index contributed by atoms with van der Waals surface area (Å²) in [6, 6.07) is 19.9. The number of ether oxygens (including phenoxy) is 3. The van der Waals surface area contributed by atoms with Crippen molar-refractivity contribution in [2.75, 3.05) is 57.7 Å². The van der Waals surface area contributed by atoms with Gasteiger partial charge in [-0.05, 0) is 80.5 Å². The Hall–Kier alpha value is -5.16. The van der Waals surface area contributed by atoms with Crippen LogP contribution >= 0.6 is 0 Å². The van der Waals surface area contributed by atoms with E-state index in [-0.39, 0.29) is 18.4 Å². The van der Waals surface area contributed by atoms with Crippen LogP contribution in [0.4, 0.5) is 22.2 Å². The average molecular weight is 641 g/mol. The first-order chi connectivity index (χ1) is 22.7. The number of hydrogen-bond donors (Lipinski definition) is 1. The van der Waals surface area contributed by atoms with Crippen molar-refractivity contribution < 1.29 is 23.8 Å². The number of aryl methyl sites for hydroxylation is 2. The van der Waals surface area contributed by atoms with Crippen LogP contribution < -0.4 is 24.4 Å². The third-order valence-electron chi connectivity index (χ3n) is 7.91. The SMILES string of the molecule is CCN(CC)CCN(C)C(=O)c1cccc(Nc2nccc(N(Cc3cc(OC)ccc3OC)C(=O)Oc3c(C)cccc3C)n2)c1. The minimum atomic E-state index is -0.628. The Morgan fingerprint density at radius 1 is 0.872 bits per heavy atom. The van der Waals surface area contributed by atoms with Crippen LogP contribution in [0.2, 0.25) is 0 Å². The molecule has 0 radical (unpaired) electrons. The number of carbonyl (C=O) groups excluding carboxylic acids is 2. The van der Waals surface area contributed by atoms with E-state index in [4.69, 9.17) is 14.2 Å². The van der Waals surface area contributed by atoms with E-state index < -0.39 is 6.09 Å². The van der Waals surface area contributed by atoms with Gasteiger partial charge in [-0.15, -0.1) is 0 Å². The van der Waals surface area contributed by atoms with Gasteiger partial charge in [-0.1, -0.05) is 38.1 Å². The molecule has 3 aromatic carbocycles. The number of anilines is 3. The molecular weight excluding hydrogens is 596 g/mol. The van der Waals surface area contributed by atoms with Gasteiger partial charge in [0.15, 0.2) is 0 Å². The summed E-state index contributed by atoms with van der Waals surface area (Å²) < 4.78 is 17.0. The van der Waals surface area contributed by atoms with Gasteiger partial charge in [-0.3, -0.25) is 9.69 Å². The molecule has 0 saturated heterocycles. The highest BCUT2D eigenvalue weighted by atomic mass is 16.6. The van der Waals surface area contributed by atoms with Gasteiger partial charge in [0.1, 0.15) is 23.1 Å². The minimum absolute atomic E-state index is 0.0738. The second-order valence-electron chi connectivity index (χ2n) is 11.1. The average Bonchev–Trinajstić information content (AvgIpc) is 3.08. The first-order valence-electron chi connectivity index (χ1n) is 15.6. The van der Waals surface area contributed by atoms with Crippen molar-refractivity contribution in [1.82, 2.24) is 19.8 Å². The molecule has 0 spiro atoms. The Bertz CT molecular complexity index is 1660. The fourth-order valence-electron chi connectivity index (χ4n) is 5.09. The lowest BCUT2D eigenvalue weighted by Crippen LogP contribution is -2.36. The van der Waals surface area contributed by atoms with Crippen LogP contribution in [0.3, 0.4) is 0 Å². The van der Waals surface area contributed by atoms with E-state index in [0.29, 0.717) is 46.4 Å². The van der Waals surface area contributed by atoms with Crippen molar-refractivity contribution in [2.45, 2.75) is 34.2 Å². The maximum atomic E-state index is 13.9. The molecule has 0 atom stereocenters. The molecule has 0 aliphatic carbocycles. The van der Waals surface area contributed by atoms with Gasteiger partial charge in [-0.25, -0.2) is 9.78 Å². The van der Waals surface area contributed by atoms with Crippen molar-refractivity contribution in [3.8, 4) is 17.2 Å². The van der Waals surface area contributed by atoms with E-state index in [1.54, 1.807) is 67.8 Å². The zero-order valence-electron chi connectivity index (χ0n) is 28.2. The van der Waals surface area contributed by atoms with Gasteiger partial charge in [0.2, 0.25) is 5.95 Å². The molecule has 1 aromatic heterocycles. The molecule has 0 bridgehead atoms. The molecule has 4 rings (SSSR count). The molecule has 0 saturated carbocycles. The van der Waals surface area contributed by atoms with Crippen LogP contribution in [0, 0.1) is 13.8 Å². The predicted molar refractivity (Wildman–Crippen MR) is 184 cm³/mol. The molecule has 1 N–H and O–H groups in total. The highest BCUT2D eigenvalue weighted by Gasteiger charge is 2.24. The smallest absolute Gasteiger partial charge is 0.421 e. The Labute approximate surface area is 277 Å². The lowest BCUT2D eigenvalue weighted by molar-refractivity contribution is 0.0779. The van der Waals surface area contributed by atoms with Gasteiger partial charge >= 0.3 is 6.09 Å². The van der Waals surface area contributed by atoms with Crippen LogP contribution in [0.25, 0.3) is 0 Å². The highest BCUT2D eigenvalue weighted by Crippen LogP contribution is 2.29. The quantitative estimate of drug-likeness (QED) is 0.166. The minimum Gasteiger partial charge on any atom is -0.497 e. The van der Waals surface area contributed by atoms with E-state index in [9.17, 15) is 9.59 Å². The molecule has 47 heavy (non-hydrogen) atoms. The van der Waals surface area contributed by atoms with E-state index in [2.05, 4.69) is 34.0 Å². The molecule has 2 amide bonds. The normalized spacial score (nSPS) is 10.8. The van der Waals surface area contributed by atoms with Crippen molar-refractivity contribution in [3.63, 3.8) is 0 Å². The number of carbonyl (C=O) groups is 2. The lowest BCUT2D eigenvalue weighted by atomic mass is 10.1. The van der Waals surface area contributed by atoms with Crippen molar-refractivity contribution in [3.05, 3.63) is 95.2 Å². The molecule has 0 aliphatic heterocycles. The predicted octanol–water partition coefficient (Wildman–Crippen LogP) is 6.47. The maximum absolute atomic E-state index is 13.9. The number of rotatable bonds is 14. The van der Waals surface area contributed by atoms with Crippen molar-refractivity contribution in [2.24, 2.45) is 0 Å². The fraction of sp³-hybridized carbons (Fsp3) is 0.333. The van der Waals surface area contributed by atoms with E-state index >= 15 is 0 Å². The number of likely N-dealkylation sites (N-methyl/N-ethyl adjacent to an activating group) is 2. The zero-order chi connectivity index (χ0) is 33.9. The number of amides is 2. The summed E-state index contributed by atoms with van der Waals surface area (Å²) in [5.41, 5.74) is 3.52. The van der Waals surface area contributed by atoms with Gasteiger partial charge < -0.3 is 29.3 Å². The number of nitrogens with one attached hydrogen (secondary N) is 1. The van der Waals surface area contributed by atoms with Crippen LogP contribution in [-0.4, -0.2) is 79.2 Å². The van der Waals surface area contributed by atoms with Gasteiger partial charge in [0.25, 0.3) is 5.91 Å². The van der Waals surface area contributed by atoms with Crippen LogP contribution in [-0.2, 0) is 6.54 Å². The maximum Gasteiger partial charge on any atom is 0.421 e.